The molecule has 1 spiro atoms. The molecule has 4 heterocycles. The van der Waals surface area contributed by atoms with Gasteiger partial charge in [-0.05, 0) is 37.3 Å². The third-order valence-electron chi connectivity index (χ3n) is 5.29. The minimum absolute atomic E-state index is 0.0170. The molecule has 1 N–H and O–H groups in total. The Hall–Kier alpha value is -2.48. The van der Waals surface area contributed by atoms with Gasteiger partial charge in [0, 0.05) is 38.8 Å². The molecule has 0 radical (unpaired) electrons. The highest BCUT2D eigenvalue weighted by Gasteiger charge is 2.54. The van der Waals surface area contributed by atoms with Gasteiger partial charge in [-0.15, -0.1) is 0 Å². The Morgan fingerprint density at radius 1 is 1.38 bits per heavy atom. The van der Waals surface area contributed by atoms with Gasteiger partial charge in [0.15, 0.2) is 0 Å². The van der Waals surface area contributed by atoms with Crippen molar-refractivity contribution in [3.05, 3.63) is 35.9 Å². The van der Waals surface area contributed by atoms with Gasteiger partial charge in [-0.25, -0.2) is 9.97 Å². The number of hydrogen-bond acceptors (Lipinski definition) is 6. The topological polar surface area (TPSA) is 85.2 Å². The lowest BCUT2D eigenvalue weighted by Crippen LogP contribution is -2.66. The monoisotopic (exact) mass is 356 g/mol. The van der Waals surface area contributed by atoms with Crippen molar-refractivity contribution in [3.63, 3.8) is 0 Å². The lowest BCUT2D eigenvalue weighted by molar-refractivity contribution is -0.117. The Balaban J connectivity index is 1.30. The summed E-state index contributed by atoms with van der Waals surface area (Å²) in [6.45, 7) is 4.82. The highest BCUT2D eigenvalue weighted by molar-refractivity contribution is 5.93. The van der Waals surface area contributed by atoms with Crippen molar-refractivity contribution in [1.29, 1.82) is 0 Å². The third kappa shape index (κ3) is 3.16. The number of aryl methyl sites for hydroxylation is 2. The number of nitrogens with zero attached hydrogens (tertiary/aromatic N) is 5. The van der Waals surface area contributed by atoms with Gasteiger partial charge in [0.1, 0.15) is 11.3 Å². The first-order valence-corrected chi connectivity index (χ1v) is 9.01. The number of anilines is 1. The Morgan fingerprint density at radius 2 is 2.15 bits per heavy atom. The van der Waals surface area contributed by atoms with E-state index >= 15 is 0 Å². The average Bonchev–Trinajstić information content (AvgIpc) is 3.21. The van der Waals surface area contributed by atoms with Crippen LogP contribution in [0.25, 0.3) is 0 Å². The molecule has 0 saturated carbocycles. The maximum absolute atomic E-state index is 12.5. The maximum atomic E-state index is 12.5. The van der Waals surface area contributed by atoms with Crippen LogP contribution in [0.5, 0.6) is 0 Å². The van der Waals surface area contributed by atoms with E-state index in [1.165, 1.54) is 0 Å². The van der Waals surface area contributed by atoms with E-state index in [1.807, 2.05) is 31.3 Å². The van der Waals surface area contributed by atoms with Gasteiger partial charge in [0.2, 0.25) is 5.95 Å². The van der Waals surface area contributed by atoms with Gasteiger partial charge in [0.25, 0.3) is 5.91 Å². The van der Waals surface area contributed by atoms with Crippen LogP contribution in [0, 0.1) is 12.8 Å². The predicted octanol–water partition coefficient (Wildman–Crippen LogP) is 1.25. The van der Waals surface area contributed by atoms with Crippen LogP contribution in [-0.4, -0.2) is 62.4 Å². The first kappa shape index (κ1) is 17.0. The van der Waals surface area contributed by atoms with Gasteiger partial charge in [-0.2, -0.15) is 5.10 Å². The molecule has 2 aliphatic heterocycles. The number of rotatable bonds is 5. The molecule has 0 aliphatic carbocycles. The SMILES string of the molecule is Cc1cnc(NCCC2CCOC23CN(C(=O)c2ccn(C)n2)C3)nc1. The summed E-state index contributed by atoms with van der Waals surface area (Å²) in [6.07, 6.45) is 7.41. The second-order valence-corrected chi connectivity index (χ2v) is 7.23. The van der Waals surface area contributed by atoms with Crippen LogP contribution in [0.2, 0.25) is 0 Å². The Labute approximate surface area is 152 Å². The zero-order chi connectivity index (χ0) is 18.1. The highest BCUT2D eigenvalue weighted by atomic mass is 16.5. The molecule has 2 aliphatic rings. The molecule has 1 unspecified atom stereocenters. The molecule has 0 bridgehead atoms. The minimum atomic E-state index is -0.194. The zero-order valence-electron chi connectivity index (χ0n) is 15.2. The minimum Gasteiger partial charge on any atom is -0.371 e. The molecular formula is C18H24N6O2. The number of ether oxygens (including phenoxy) is 1. The van der Waals surface area contributed by atoms with Crippen LogP contribution >= 0.6 is 0 Å². The van der Waals surface area contributed by atoms with Gasteiger partial charge in [0.05, 0.1) is 13.1 Å². The number of likely N-dealkylation sites (tertiary alicyclic amines) is 1. The second-order valence-electron chi connectivity index (χ2n) is 7.23. The first-order chi connectivity index (χ1) is 12.6. The average molecular weight is 356 g/mol. The number of nitrogens with one attached hydrogen (secondary N) is 1. The van der Waals surface area contributed by atoms with E-state index in [1.54, 1.807) is 16.9 Å². The standard InChI is InChI=1S/C18H24N6O2/c1-13-9-20-17(21-10-13)19-6-3-14-5-8-26-18(14)11-24(12-18)16(25)15-4-7-23(2)22-15/h4,7,9-10,14H,3,5-6,8,11-12H2,1-2H3,(H,19,20,21). The van der Waals surface area contributed by atoms with Gasteiger partial charge < -0.3 is 15.0 Å². The molecule has 2 aromatic rings. The molecule has 138 valence electrons. The van der Waals surface area contributed by atoms with Crippen molar-refractivity contribution in [2.75, 3.05) is 31.6 Å². The molecule has 1 amide bonds. The predicted molar refractivity (Wildman–Crippen MR) is 95.8 cm³/mol. The van der Waals surface area contributed by atoms with Crippen molar-refractivity contribution in [2.24, 2.45) is 13.0 Å². The largest absolute Gasteiger partial charge is 0.371 e. The quantitative estimate of drug-likeness (QED) is 0.868. The summed E-state index contributed by atoms with van der Waals surface area (Å²) in [5.74, 6) is 1.08. The Bertz CT molecular complexity index is 781. The summed E-state index contributed by atoms with van der Waals surface area (Å²) >= 11 is 0. The van der Waals surface area contributed by atoms with Crippen LogP contribution in [-0.2, 0) is 11.8 Å². The number of carbonyl (C=O) groups excluding carboxylic acids is 1. The number of hydrogen-bond donors (Lipinski definition) is 1. The first-order valence-electron chi connectivity index (χ1n) is 9.01. The summed E-state index contributed by atoms with van der Waals surface area (Å²) in [4.78, 5) is 22.8. The molecule has 0 aromatic carbocycles. The number of amides is 1. The Morgan fingerprint density at radius 3 is 2.85 bits per heavy atom. The normalized spacial score (nSPS) is 21.0. The van der Waals surface area contributed by atoms with Crippen LogP contribution in [0.15, 0.2) is 24.7 Å². The molecule has 8 heteroatoms. The van der Waals surface area contributed by atoms with Crippen molar-refractivity contribution in [2.45, 2.75) is 25.4 Å². The third-order valence-corrected chi connectivity index (χ3v) is 5.29. The highest BCUT2D eigenvalue weighted by Crippen LogP contribution is 2.42. The summed E-state index contributed by atoms with van der Waals surface area (Å²) in [5.41, 5.74) is 1.35. The van der Waals surface area contributed by atoms with E-state index in [0.717, 1.165) is 31.6 Å². The molecule has 2 fully saturated rings. The van der Waals surface area contributed by atoms with Crippen molar-refractivity contribution >= 4 is 11.9 Å². The van der Waals surface area contributed by atoms with Crippen LogP contribution < -0.4 is 5.32 Å². The fraction of sp³-hybridized carbons (Fsp3) is 0.556. The molecule has 4 rings (SSSR count). The number of aromatic nitrogens is 4. The van der Waals surface area contributed by atoms with Crippen molar-refractivity contribution < 1.29 is 9.53 Å². The fourth-order valence-corrected chi connectivity index (χ4v) is 3.82. The molecule has 26 heavy (non-hydrogen) atoms. The van der Waals surface area contributed by atoms with Gasteiger partial charge >= 0.3 is 0 Å². The van der Waals surface area contributed by atoms with E-state index < -0.39 is 0 Å². The zero-order valence-corrected chi connectivity index (χ0v) is 15.2. The maximum Gasteiger partial charge on any atom is 0.274 e. The van der Waals surface area contributed by atoms with E-state index in [9.17, 15) is 4.79 Å². The van der Waals surface area contributed by atoms with E-state index in [2.05, 4.69) is 20.4 Å². The second kappa shape index (κ2) is 6.68. The Kier molecular flexibility index (Phi) is 4.36. The summed E-state index contributed by atoms with van der Waals surface area (Å²) in [5, 5.41) is 7.47. The lowest BCUT2D eigenvalue weighted by atomic mass is 9.79. The molecule has 8 nitrogen and oxygen atoms in total. The molecular weight excluding hydrogens is 332 g/mol. The summed E-state index contributed by atoms with van der Waals surface area (Å²) in [7, 11) is 1.81. The van der Waals surface area contributed by atoms with E-state index in [0.29, 0.717) is 30.6 Å². The van der Waals surface area contributed by atoms with Crippen molar-refractivity contribution in [1.82, 2.24) is 24.6 Å². The lowest BCUT2D eigenvalue weighted by Gasteiger charge is -2.50. The van der Waals surface area contributed by atoms with Crippen molar-refractivity contribution in [3.8, 4) is 0 Å². The van der Waals surface area contributed by atoms with Gasteiger partial charge in [-0.1, -0.05) is 0 Å². The summed E-state index contributed by atoms with van der Waals surface area (Å²) in [6, 6.07) is 1.76. The van der Waals surface area contributed by atoms with Gasteiger partial charge in [-0.3, -0.25) is 9.48 Å². The summed E-state index contributed by atoms with van der Waals surface area (Å²) < 4.78 is 7.70. The molecule has 2 saturated heterocycles. The molecule has 1 atom stereocenters. The smallest absolute Gasteiger partial charge is 0.274 e. The van der Waals surface area contributed by atoms with E-state index in [-0.39, 0.29) is 11.5 Å². The van der Waals surface area contributed by atoms with Crippen LogP contribution in [0.1, 0.15) is 28.9 Å². The van der Waals surface area contributed by atoms with Crippen LogP contribution in [0.4, 0.5) is 5.95 Å². The molecule has 2 aromatic heterocycles. The number of carbonyl (C=O) groups is 1. The van der Waals surface area contributed by atoms with E-state index in [4.69, 9.17) is 4.74 Å². The van der Waals surface area contributed by atoms with Crippen LogP contribution in [0.3, 0.4) is 0 Å². The fourth-order valence-electron chi connectivity index (χ4n) is 3.82.